The third-order valence-electron chi connectivity index (χ3n) is 14.0. The summed E-state index contributed by atoms with van der Waals surface area (Å²) in [5.74, 6) is 0. The van der Waals surface area contributed by atoms with Gasteiger partial charge in [0, 0.05) is 114 Å². The molecule has 2 aliphatic heterocycles. The highest BCUT2D eigenvalue weighted by molar-refractivity contribution is 9.10. The molecular formula is C56H68BBrN10O8S2. The Balaban J connectivity index is 0.000000177. The van der Waals surface area contributed by atoms with E-state index >= 15 is 0 Å². The number of morpholine rings is 2. The molecule has 0 spiro atoms. The van der Waals surface area contributed by atoms with E-state index in [1.165, 1.54) is 13.5 Å². The summed E-state index contributed by atoms with van der Waals surface area (Å²) in [5.41, 5.74) is 7.23. The summed E-state index contributed by atoms with van der Waals surface area (Å²) >= 11 is 3.46. The van der Waals surface area contributed by atoms with Gasteiger partial charge in [-0.05, 0) is 107 Å². The van der Waals surface area contributed by atoms with Crippen molar-refractivity contribution in [3.63, 3.8) is 0 Å². The fourth-order valence-electron chi connectivity index (χ4n) is 9.80. The van der Waals surface area contributed by atoms with E-state index in [9.17, 15) is 16.8 Å². The zero-order chi connectivity index (χ0) is 52.7. The van der Waals surface area contributed by atoms with Gasteiger partial charge in [-0.25, -0.2) is 34.7 Å². The lowest BCUT2D eigenvalue weighted by molar-refractivity contribution is 0.0359. The van der Waals surface area contributed by atoms with Gasteiger partial charge >= 0.3 is 7.12 Å². The minimum Gasteiger partial charge on any atom is -0.423 e. The van der Waals surface area contributed by atoms with Gasteiger partial charge in [-0.15, -0.1) is 0 Å². The highest BCUT2D eigenvalue weighted by Gasteiger charge is 2.26. The minimum absolute atomic E-state index is 0. The van der Waals surface area contributed by atoms with Crippen LogP contribution in [0, 0.1) is 0 Å². The molecule has 6 aromatic heterocycles. The zero-order valence-electron chi connectivity index (χ0n) is 42.0. The molecule has 2 aromatic carbocycles. The Morgan fingerprint density at radius 2 is 1.04 bits per heavy atom. The van der Waals surface area contributed by atoms with Gasteiger partial charge in [-0.1, -0.05) is 63.4 Å². The van der Waals surface area contributed by atoms with Crippen LogP contribution >= 0.6 is 15.9 Å². The second-order valence-corrected chi connectivity index (χ2v) is 23.5. The topological polar surface area (TPSA) is 205 Å². The number of allylic oxidation sites excluding steroid dienone is 4. The van der Waals surface area contributed by atoms with Crippen molar-refractivity contribution >= 4 is 70.7 Å². The predicted molar refractivity (Wildman–Crippen MR) is 310 cm³/mol. The van der Waals surface area contributed by atoms with Gasteiger partial charge in [0.15, 0.2) is 11.3 Å². The maximum absolute atomic E-state index is 13.6. The molecule has 8 heterocycles. The first-order valence-corrected chi connectivity index (χ1v) is 29.3. The Labute approximate surface area is 466 Å². The number of hydrogen-bond donors (Lipinski definition) is 2. The predicted octanol–water partition coefficient (Wildman–Crippen LogP) is 8.65. The van der Waals surface area contributed by atoms with Crippen LogP contribution in [0.5, 0.6) is 0 Å². The maximum Gasteiger partial charge on any atom is 0.483 e. The van der Waals surface area contributed by atoms with Crippen molar-refractivity contribution in [3.8, 4) is 22.3 Å². The number of ether oxygens (including phenoxy) is 2. The molecule has 18 nitrogen and oxygen atoms in total. The van der Waals surface area contributed by atoms with Gasteiger partial charge in [0.2, 0.25) is 0 Å². The quantitative estimate of drug-likeness (QED) is 0.0979. The maximum atomic E-state index is 13.6. The Bertz CT molecular complexity index is 3570. The van der Waals surface area contributed by atoms with Gasteiger partial charge in [0.1, 0.15) is 0 Å². The number of halogens is 1. The molecule has 2 aliphatic carbocycles. The van der Waals surface area contributed by atoms with Gasteiger partial charge in [-0.2, -0.15) is 10.2 Å². The Morgan fingerprint density at radius 1 is 0.564 bits per heavy atom. The largest absolute Gasteiger partial charge is 0.483 e. The van der Waals surface area contributed by atoms with E-state index in [4.69, 9.17) is 19.5 Å². The van der Waals surface area contributed by atoms with E-state index in [0.29, 0.717) is 11.3 Å². The van der Waals surface area contributed by atoms with Crippen LogP contribution in [-0.2, 0) is 42.6 Å². The summed E-state index contributed by atoms with van der Waals surface area (Å²) in [6.45, 7) is 10.1. The molecule has 12 rings (SSSR count). The second kappa shape index (κ2) is 26.3. The van der Waals surface area contributed by atoms with Crippen molar-refractivity contribution in [1.82, 2.24) is 47.3 Å². The van der Waals surface area contributed by atoms with Crippen LogP contribution < -0.4 is 0 Å². The molecule has 4 aliphatic rings. The number of hydrogen-bond acceptors (Lipinski definition) is 14. The van der Waals surface area contributed by atoms with E-state index in [-0.39, 0.29) is 24.6 Å². The third kappa shape index (κ3) is 13.3. The van der Waals surface area contributed by atoms with E-state index < -0.39 is 27.2 Å². The van der Waals surface area contributed by atoms with Crippen molar-refractivity contribution in [1.29, 1.82) is 0 Å². The SMILES string of the molecule is C.C.O=S(=O)(c1ccccc1)n1cc(-c2cnn(CCN3CCOCC3)c2)c2cc(Br)cnc21.O=S(=O)(c1ccccc1)n1cc(-c2cnn(CCN3CCOCC3)c2)c2cc(C3=CCCC3)cnc21.OB(O)C1=CCCC1. The van der Waals surface area contributed by atoms with Crippen LogP contribution in [0.2, 0.25) is 0 Å². The summed E-state index contributed by atoms with van der Waals surface area (Å²) in [5, 5.41) is 27.7. The third-order valence-corrected chi connectivity index (χ3v) is 17.8. The average molecular weight is 1160 g/mol. The van der Waals surface area contributed by atoms with Crippen molar-refractivity contribution in [2.75, 3.05) is 65.7 Å². The summed E-state index contributed by atoms with van der Waals surface area (Å²) < 4.78 is 71.9. The molecule has 2 fully saturated rings. The first kappa shape index (κ1) is 58.1. The lowest BCUT2D eigenvalue weighted by Gasteiger charge is -2.26. The molecule has 78 heavy (non-hydrogen) atoms. The monoisotopic (exact) mass is 1160 g/mol. The van der Waals surface area contributed by atoms with Crippen molar-refractivity contribution in [2.24, 2.45) is 0 Å². The molecule has 412 valence electrons. The van der Waals surface area contributed by atoms with Crippen LogP contribution in [-0.4, -0.2) is 147 Å². The van der Waals surface area contributed by atoms with E-state index in [2.05, 4.69) is 58.0 Å². The minimum atomic E-state index is -3.81. The molecule has 2 N–H and O–H groups in total. The fraction of sp³-hybridized carbons (Fsp3) is 0.357. The number of fused-ring (bicyclic) bond motifs is 2. The van der Waals surface area contributed by atoms with Crippen LogP contribution in [0.25, 0.3) is 49.9 Å². The first-order chi connectivity index (χ1) is 36.9. The standard InChI is InChI=1S/C27H29N5O3S.C22H22BrN5O3S.C5H9BO2.2CH4/c33-36(34,24-8-2-1-3-9-24)32-20-26(25-16-22(17-28-27(25)32)21-6-4-5-7-21)23-18-29-31(19-23)11-10-30-12-14-35-15-13-30;23-18-12-20-21(17-13-25-27(15-17)7-6-26-8-10-31-11-9-26)16-28(22(20)24-14-18)32(29,30)19-4-2-1-3-5-19;7-6(8)5-3-1-2-4-5;;/h1-3,6,8-9,16-20H,4-5,7,10-15H2;1-5,12-16H,6-11H2;3,7-8H,1-2,4H2;2*1H4. The molecule has 0 saturated carbocycles. The Hall–Kier alpha value is -6.08. The zero-order valence-corrected chi connectivity index (χ0v) is 45.2. The molecule has 0 unspecified atom stereocenters. The van der Waals surface area contributed by atoms with Crippen LogP contribution in [0.1, 0.15) is 58.9 Å². The molecule has 2 saturated heterocycles. The van der Waals surface area contributed by atoms with Gasteiger partial charge in [-0.3, -0.25) is 19.2 Å². The lowest BCUT2D eigenvalue weighted by atomic mass is 9.79. The molecule has 0 bridgehead atoms. The summed E-state index contributed by atoms with van der Waals surface area (Å²) in [6.07, 6.45) is 24.6. The second-order valence-electron chi connectivity index (χ2n) is 19.0. The molecule has 8 aromatic rings. The highest BCUT2D eigenvalue weighted by atomic mass is 79.9. The highest BCUT2D eigenvalue weighted by Crippen LogP contribution is 2.37. The van der Waals surface area contributed by atoms with E-state index in [1.807, 2.05) is 46.2 Å². The van der Waals surface area contributed by atoms with Crippen molar-refractivity contribution in [2.45, 2.75) is 76.3 Å². The Morgan fingerprint density at radius 3 is 1.49 bits per heavy atom. The fourth-order valence-corrected chi connectivity index (χ4v) is 12.8. The molecule has 0 atom stereocenters. The van der Waals surface area contributed by atoms with Crippen LogP contribution in [0.4, 0.5) is 0 Å². The van der Waals surface area contributed by atoms with Gasteiger partial charge < -0.3 is 19.5 Å². The van der Waals surface area contributed by atoms with Crippen LogP contribution in [0.15, 0.2) is 154 Å². The number of pyridine rings is 2. The molecule has 0 amide bonds. The number of benzene rings is 2. The Kier molecular flexibility index (Phi) is 19.6. The number of aromatic nitrogens is 8. The van der Waals surface area contributed by atoms with Crippen LogP contribution in [0.3, 0.4) is 0 Å². The summed E-state index contributed by atoms with van der Waals surface area (Å²) in [4.78, 5) is 14.3. The van der Waals surface area contributed by atoms with E-state index in [0.717, 1.165) is 166 Å². The van der Waals surface area contributed by atoms with Gasteiger partial charge in [0.25, 0.3) is 20.0 Å². The van der Waals surface area contributed by atoms with Crippen molar-refractivity contribution in [3.05, 3.63) is 150 Å². The summed E-state index contributed by atoms with van der Waals surface area (Å²) in [6, 6.07) is 20.9. The molecule has 0 radical (unpaired) electrons. The van der Waals surface area contributed by atoms with Crippen molar-refractivity contribution < 1.29 is 36.4 Å². The smallest absolute Gasteiger partial charge is 0.423 e. The lowest BCUT2D eigenvalue weighted by Crippen LogP contribution is -2.38. The normalized spacial score (nSPS) is 16.1. The molecule has 22 heteroatoms. The number of nitrogens with zero attached hydrogens (tertiary/aromatic N) is 10. The first-order valence-electron chi connectivity index (χ1n) is 25.6. The molecular weight excluding hydrogens is 1100 g/mol. The average Bonchev–Trinajstić information content (AvgIpc) is 4.42. The van der Waals surface area contributed by atoms with Gasteiger partial charge in [0.05, 0.1) is 61.7 Å². The summed E-state index contributed by atoms with van der Waals surface area (Å²) in [7, 11) is -8.80. The van der Waals surface area contributed by atoms with E-state index in [1.54, 1.807) is 85.6 Å². The number of rotatable bonds is 14.